The molecular weight excluding hydrogens is 300 g/mol. The van der Waals surface area contributed by atoms with E-state index in [2.05, 4.69) is 5.32 Å². The third-order valence-electron chi connectivity index (χ3n) is 2.47. The van der Waals surface area contributed by atoms with Crippen LogP contribution in [0.3, 0.4) is 0 Å². The zero-order valence-electron chi connectivity index (χ0n) is 10.8. The summed E-state index contributed by atoms with van der Waals surface area (Å²) in [5.74, 6) is -2.88. The molecule has 0 radical (unpaired) electrons. The quantitative estimate of drug-likeness (QED) is 0.864. The van der Waals surface area contributed by atoms with E-state index >= 15 is 0 Å². The number of hydrogen-bond donors (Lipinski definition) is 1. The molecular formula is C14H11F2NO3S. The number of hydrogen-bond acceptors (Lipinski definition) is 4. The molecule has 21 heavy (non-hydrogen) atoms. The number of carbonyl (C=O) groups excluding carboxylic acids is 2. The maximum absolute atomic E-state index is 13.3. The Morgan fingerprint density at radius 1 is 1.24 bits per heavy atom. The van der Waals surface area contributed by atoms with Crippen molar-refractivity contribution in [1.82, 2.24) is 0 Å². The second-order valence-corrected chi connectivity index (χ2v) is 5.12. The molecule has 1 amide bonds. The van der Waals surface area contributed by atoms with Crippen LogP contribution in [-0.4, -0.2) is 18.5 Å². The van der Waals surface area contributed by atoms with Gasteiger partial charge in [-0.3, -0.25) is 9.59 Å². The van der Waals surface area contributed by atoms with Crippen LogP contribution in [-0.2, 0) is 20.7 Å². The number of nitrogens with one attached hydrogen (secondary N) is 1. The number of anilines is 1. The molecule has 1 heterocycles. The Labute approximate surface area is 123 Å². The molecule has 1 aromatic heterocycles. The topological polar surface area (TPSA) is 55.4 Å². The first-order chi connectivity index (χ1) is 10.0. The number of amides is 1. The fourth-order valence-electron chi connectivity index (χ4n) is 1.53. The highest BCUT2D eigenvalue weighted by molar-refractivity contribution is 7.10. The van der Waals surface area contributed by atoms with E-state index in [1.54, 1.807) is 12.1 Å². The highest BCUT2D eigenvalue weighted by Gasteiger charge is 2.11. The van der Waals surface area contributed by atoms with E-state index in [4.69, 9.17) is 4.74 Å². The van der Waals surface area contributed by atoms with Crippen LogP contribution in [0.2, 0.25) is 0 Å². The van der Waals surface area contributed by atoms with Gasteiger partial charge in [0.05, 0.1) is 12.1 Å². The lowest BCUT2D eigenvalue weighted by Crippen LogP contribution is -2.22. The number of thiophene rings is 1. The van der Waals surface area contributed by atoms with Gasteiger partial charge in [-0.05, 0) is 23.6 Å². The molecule has 0 unspecified atom stereocenters. The Kier molecular flexibility index (Phi) is 4.99. The van der Waals surface area contributed by atoms with Crippen LogP contribution in [0.15, 0.2) is 35.7 Å². The van der Waals surface area contributed by atoms with Crippen molar-refractivity contribution in [1.29, 1.82) is 0 Å². The summed E-state index contributed by atoms with van der Waals surface area (Å²) >= 11 is 1.40. The van der Waals surface area contributed by atoms with Crippen LogP contribution >= 0.6 is 11.3 Å². The number of ether oxygens (including phenoxy) is 1. The largest absolute Gasteiger partial charge is 0.455 e. The summed E-state index contributed by atoms with van der Waals surface area (Å²) in [4.78, 5) is 23.8. The number of rotatable bonds is 5. The van der Waals surface area contributed by atoms with Crippen molar-refractivity contribution in [2.75, 3.05) is 11.9 Å². The molecule has 1 aromatic carbocycles. The van der Waals surface area contributed by atoms with Crippen molar-refractivity contribution in [2.45, 2.75) is 6.42 Å². The zero-order valence-corrected chi connectivity index (χ0v) is 11.6. The normalized spacial score (nSPS) is 10.2. The summed E-state index contributed by atoms with van der Waals surface area (Å²) in [6.45, 7) is -0.527. The first kappa shape index (κ1) is 15.1. The standard InChI is InChI=1S/C14H11F2NO3S/c15-9-3-4-12(11(16)6-9)17-13(18)8-20-14(19)7-10-2-1-5-21-10/h1-6H,7-8H2,(H,17,18). The molecule has 0 aliphatic carbocycles. The van der Waals surface area contributed by atoms with Crippen molar-refractivity contribution in [3.05, 3.63) is 52.2 Å². The Hall–Kier alpha value is -2.28. The van der Waals surface area contributed by atoms with Gasteiger partial charge in [-0.15, -0.1) is 11.3 Å². The number of carbonyl (C=O) groups is 2. The first-order valence-electron chi connectivity index (χ1n) is 5.97. The molecule has 7 heteroatoms. The monoisotopic (exact) mass is 311 g/mol. The number of esters is 1. The molecule has 0 saturated heterocycles. The molecule has 4 nitrogen and oxygen atoms in total. The fourth-order valence-corrected chi connectivity index (χ4v) is 2.22. The predicted molar refractivity (Wildman–Crippen MR) is 74.0 cm³/mol. The van der Waals surface area contributed by atoms with Gasteiger partial charge >= 0.3 is 5.97 Å². The van der Waals surface area contributed by atoms with Crippen molar-refractivity contribution in [3.63, 3.8) is 0 Å². The van der Waals surface area contributed by atoms with Crippen LogP contribution in [0.4, 0.5) is 14.5 Å². The van der Waals surface area contributed by atoms with Crippen LogP contribution < -0.4 is 5.32 Å². The molecule has 0 atom stereocenters. The van der Waals surface area contributed by atoms with E-state index < -0.39 is 30.1 Å². The molecule has 0 saturated carbocycles. The average Bonchev–Trinajstić information content (AvgIpc) is 2.92. The highest BCUT2D eigenvalue weighted by atomic mass is 32.1. The van der Waals surface area contributed by atoms with Gasteiger partial charge < -0.3 is 10.1 Å². The van der Waals surface area contributed by atoms with Crippen molar-refractivity contribution in [2.24, 2.45) is 0 Å². The summed E-state index contributed by atoms with van der Waals surface area (Å²) in [5, 5.41) is 4.02. The van der Waals surface area contributed by atoms with Gasteiger partial charge in [-0.2, -0.15) is 0 Å². The molecule has 0 aliphatic rings. The van der Waals surface area contributed by atoms with Crippen LogP contribution in [0, 0.1) is 11.6 Å². The summed E-state index contributed by atoms with van der Waals surface area (Å²) in [5.41, 5.74) is -0.171. The van der Waals surface area contributed by atoms with Gasteiger partial charge in [0.2, 0.25) is 0 Å². The van der Waals surface area contributed by atoms with Gasteiger partial charge in [0.25, 0.3) is 5.91 Å². The van der Waals surface area contributed by atoms with E-state index in [0.29, 0.717) is 6.07 Å². The second-order valence-electron chi connectivity index (χ2n) is 4.09. The molecule has 2 rings (SSSR count). The summed E-state index contributed by atoms with van der Waals surface area (Å²) in [6, 6.07) is 6.34. The van der Waals surface area contributed by atoms with Gasteiger partial charge in [0, 0.05) is 10.9 Å². The Morgan fingerprint density at radius 3 is 2.71 bits per heavy atom. The van der Waals surface area contributed by atoms with Gasteiger partial charge in [0.1, 0.15) is 11.6 Å². The second kappa shape index (κ2) is 6.94. The van der Waals surface area contributed by atoms with Crippen LogP contribution in [0.1, 0.15) is 4.88 Å². The molecule has 0 spiro atoms. The number of benzene rings is 1. The third-order valence-corrected chi connectivity index (χ3v) is 3.34. The van der Waals surface area contributed by atoms with Crippen molar-refractivity contribution in [3.8, 4) is 0 Å². The van der Waals surface area contributed by atoms with Gasteiger partial charge in [0.15, 0.2) is 6.61 Å². The lowest BCUT2D eigenvalue weighted by atomic mass is 10.3. The minimum atomic E-state index is -0.895. The Balaban J connectivity index is 1.80. The minimum Gasteiger partial charge on any atom is -0.455 e. The van der Waals surface area contributed by atoms with E-state index in [9.17, 15) is 18.4 Å². The van der Waals surface area contributed by atoms with E-state index in [-0.39, 0.29) is 12.1 Å². The maximum Gasteiger partial charge on any atom is 0.311 e. The summed E-state index contributed by atoms with van der Waals surface area (Å²) in [6.07, 6.45) is 0.0792. The molecule has 0 aliphatic heterocycles. The Morgan fingerprint density at radius 2 is 2.05 bits per heavy atom. The average molecular weight is 311 g/mol. The highest BCUT2D eigenvalue weighted by Crippen LogP contribution is 2.14. The van der Waals surface area contributed by atoms with E-state index in [1.165, 1.54) is 11.3 Å². The maximum atomic E-state index is 13.3. The van der Waals surface area contributed by atoms with Crippen LogP contribution in [0.25, 0.3) is 0 Å². The number of halogens is 2. The smallest absolute Gasteiger partial charge is 0.311 e. The Bertz CT molecular complexity index is 644. The summed E-state index contributed by atoms with van der Waals surface area (Å²) < 4.78 is 30.8. The van der Waals surface area contributed by atoms with E-state index in [0.717, 1.165) is 17.0 Å². The first-order valence-corrected chi connectivity index (χ1v) is 6.85. The third kappa shape index (κ3) is 4.64. The van der Waals surface area contributed by atoms with Crippen molar-refractivity contribution < 1.29 is 23.1 Å². The van der Waals surface area contributed by atoms with Crippen LogP contribution in [0.5, 0.6) is 0 Å². The van der Waals surface area contributed by atoms with E-state index in [1.807, 2.05) is 5.38 Å². The summed E-state index contributed by atoms with van der Waals surface area (Å²) in [7, 11) is 0. The van der Waals surface area contributed by atoms with Gasteiger partial charge in [-0.25, -0.2) is 8.78 Å². The molecule has 1 N–H and O–H groups in total. The predicted octanol–water partition coefficient (Wildman–Crippen LogP) is 2.75. The lowest BCUT2D eigenvalue weighted by molar-refractivity contribution is -0.146. The molecule has 110 valence electrons. The van der Waals surface area contributed by atoms with Crippen molar-refractivity contribution >= 4 is 28.9 Å². The molecule has 2 aromatic rings. The SMILES string of the molecule is O=C(COC(=O)Cc1cccs1)Nc1ccc(F)cc1F. The fraction of sp³-hybridized carbons (Fsp3) is 0.143. The van der Waals surface area contributed by atoms with Gasteiger partial charge in [-0.1, -0.05) is 6.07 Å². The lowest BCUT2D eigenvalue weighted by Gasteiger charge is -2.07. The molecule has 0 bridgehead atoms. The molecule has 0 fully saturated rings. The minimum absolute atomic E-state index is 0.0792. The zero-order chi connectivity index (χ0) is 15.2.